The fourth-order valence-corrected chi connectivity index (χ4v) is 1.23. The van der Waals surface area contributed by atoms with E-state index >= 15 is 0 Å². The van der Waals surface area contributed by atoms with E-state index in [0.29, 0.717) is 13.0 Å². The summed E-state index contributed by atoms with van der Waals surface area (Å²) in [5, 5.41) is 8.36. The van der Waals surface area contributed by atoms with Crippen molar-refractivity contribution in [3.8, 4) is 0 Å². The van der Waals surface area contributed by atoms with E-state index < -0.39 is 17.7 Å². The van der Waals surface area contributed by atoms with E-state index in [2.05, 4.69) is 0 Å². The number of Topliss-reactive ketones (excluding diaryl/α,β-unsaturated/α-hetero) is 1. The highest BCUT2D eigenvalue weighted by Gasteiger charge is 2.34. The van der Waals surface area contributed by atoms with Crippen LogP contribution in [0.3, 0.4) is 0 Å². The van der Waals surface area contributed by atoms with Gasteiger partial charge in [0, 0.05) is 6.61 Å². The van der Waals surface area contributed by atoms with Gasteiger partial charge in [-0.1, -0.05) is 0 Å². The fraction of sp³-hybridized carbons (Fsp3) is 0.714. The zero-order valence-corrected chi connectivity index (χ0v) is 6.24. The molecule has 1 heterocycles. The van der Waals surface area contributed by atoms with Gasteiger partial charge in [-0.05, 0) is 13.3 Å². The van der Waals surface area contributed by atoms with Gasteiger partial charge in [0.1, 0.15) is 0 Å². The molecule has 1 aliphatic rings. The molecule has 4 nitrogen and oxygen atoms in total. The summed E-state index contributed by atoms with van der Waals surface area (Å²) in [7, 11) is 0. The average molecular weight is 158 g/mol. The third-order valence-corrected chi connectivity index (χ3v) is 1.92. The number of ketones is 1. The lowest BCUT2D eigenvalue weighted by atomic mass is 9.98. The van der Waals surface area contributed by atoms with E-state index in [0.717, 1.165) is 0 Å². The first kappa shape index (κ1) is 8.20. The third kappa shape index (κ3) is 1.57. The molecule has 1 N–H and O–H groups in total. The number of carbonyl (C=O) groups excluding carboxylic acids is 1. The Balaban J connectivity index is 2.60. The van der Waals surface area contributed by atoms with E-state index in [1.54, 1.807) is 6.92 Å². The van der Waals surface area contributed by atoms with Crippen LogP contribution >= 0.6 is 0 Å². The Labute approximate surface area is 64.2 Å². The van der Waals surface area contributed by atoms with Gasteiger partial charge in [-0.2, -0.15) is 0 Å². The molecule has 1 fully saturated rings. The Kier molecular flexibility index (Phi) is 2.24. The van der Waals surface area contributed by atoms with Gasteiger partial charge in [0.15, 0.2) is 0 Å². The predicted octanol–water partition coefficient (Wildman–Crippen LogP) is 0.0651. The second-order valence-electron chi connectivity index (χ2n) is 2.64. The van der Waals surface area contributed by atoms with Crippen molar-refractivity contribution in [3.05, 3.63) is 0 Å². The minimum atomic E-state index is -1.35. The number of carboxylic acids is 1. The summed E-state index contributed by atoms with van der Waals surface area (Å²) in [4.78, 5) is 21.1. The SMILES string of the molecule is CC1OCCC1C(=O)C(=O)O. The fourth-order valence-electron chi connectivity index (χ4n) is 1.23. The van der Waals surface area contributed by atoms with E-state index in [1.807, 2.05) is 0 Å². The molecule has 0 bridgehead atoms. The first-order valence-corrected chi connectivity index (χ1v) is 3.51. The Morgan fingerprint density at radius 1 is 1.55 bits per heavy atom. The molecule has 2 atom stereocenters. The van der Waals surface area contributed by atoms with Gasteiger partial charge in [-0.25, -0.2) is 4.79 Å². The number of carboxylic acid groups (broad SMARTS) is 1. The van der Waals surface area contributed by atoms with Crippen molar-refractivity contribution in [1.82, 2.24) is 0 Å². The Morgan fingerprint density at radius 2 is 2.18 bits per heavy atom. The number of carbonyl (C=O) groups is 2. The van der Waals surface area contributed by atoms with Crippen molar-refractivity contribution >= 4 is 11.8 Å². The van der Waals surface area contributed by atoms with Gasteiger partial charge in [-0.3, -0.25) is 4.79 Å². The predicted molar refractivity (Wildman–Crippen MR) is 36.2 cm³/mol. The molecule has 0 amide bonds. The van der Waals surface area contributed by atoms with Gasteiger partial charge in [0.2, 0.25) is 5.78 Å². The molecule has 0 aliphatic carbocycles. The van der Waals surface area contributed by atoms with Crippen LogP contribution < -0.4 is 0 Å². The molecular weight excluding hydrogens is 148 g/mol. The van der Waals surface area contributed by atoms with Crippen molar-refractivity contribution in [2.45, 2.75) is 19.4 Å². The topological polar surface area (TPSA) is 63.6 Å². The lowest BCUT2D eigenvalue weighted by Gasteiger charge is -2.08. The molecule has 1 aliphatic heterocycles. The molecule has 1 saturated heterocycles. The van der Waals surface area contributed by atoms with Crippen molar-refractivity contribution < 1.29 is 19.4 Å². The van der Waals surface area contributed by atoms with Crippen LogP contribution in [0.25, 0.3) is 0 Å². The summed E-state index contributed by atoms with van der Waals surface area (Å²) in [6.07, 6.45) is 0.297. The lowest BCUT2D eigenvalue weighted by molar-refractivity contribution is -0.151. The highest BCUT2D eigenvalue weighted by atomic mass is 16.5. The second-order valence-corrected chi connectivity index (χ2v) is 2.64. The highest BCUT2D eigenvalue weighted by molar-refractivity contribution is 6.33. The number of rotatable bonds is 2. The molecule has 0 radical (unpaired) electrons. The molecule has 0 spiro atoms. The standard InChI is InChI=1S/C7H10O4/c1-4-5(2-3-11-4)6(8)7(9)10/h4-5H,2-3H2,1H3,(H,9,10). The lowest BCUT2D eigenvalue weighted by Crippen LogP contribution is -2.28. The number of aliphatic carboxylic acids is 1. The summed E-state index contributed by atoms with van der Waals surface area (Å²) in [5.74, 6) is -2.52. The van der Waals surface area contributed by atoms with Crippen molar-refractivity contribution in [2.75, 3.05) is 6.61 Å². The van der Waals surface area contributed by atoms with Gasteiger partial charge in [-0.15, -0.1) is 0 Å². The Morgan fingerprint density at radius 3 is 2.55 bits per heavy atom. The third-order valence-electron chi connectivity index (χ3n) is 1.92. The zero-order chi connectivity index (χ0) is 8.43. The Hall–Kier alpha value is -0.900. The van der Waals surface area contributed by atoms with Crippen LogP contribution in [0.2, 0.25) is 0 Å². The minimum Gasteiger partial charge on any atom is -0.475 e. The smallest absolute Gasteiger partial charge is 0.372 e. The molecule has 0 aromatic carbocycles. The normalized spacial score (nSPS) is 30.3. The molecule has 0 aromatic rings. The quantitative estimate of drug-likeness (QED) is 0.577. The van der Waals surface area contributed by atoms with E-state index in [1.165, 1.54) is 0 Å². The van der Waals surface area contributed by atoms with Crippen LogP contribution in [-0.4, -0.2) is 29.6 Å². The van der Waals surface area contributed by atoms with Crippen molar-refractivity contribution in [2.24, 2.45) is 5.92 Å². The van der Waals surface area contributed by atoms with Crippen LogP contribution in [0.4, 0.5) is 0 Å². The molecule has 1 rings (SSSR count). The van der Waals surface area contributed by atoms with Crippen LogP contribution in [-0.2, 0) is 14.3 Å². The van der Waals surface area contributed by atoms with Gasteiger partial charge in [0.05, 0.1) is 12.0 Å². The van der Waals surface area contributed by atoms with Crippen molar-refractivity contribution in [1.29, 1.82) is 0 Å². The minimum absolute atomic E-state index is 0.237. The van der Waals surface area contributed by atoms with Gasteiger partial charge < -0.3 is 9.84 Å². The molecular formula is C7H10O4. The largest absolute Gasteiger partial charge is 0.475 e. The monoisotopic (exact) mass is 158 g/mol. The van der Waals surface area contributed by atoms with E-state index in [4.69, 9.17) is 9.84 Å². The molecule has 4 heteroatoms. The zero-order valence-electron chi connectivity index (χ0n) is 6.24. The number of ether oxygens (including phenoxy) is 1. The second kappa shape index (κ2) is 3.00. The first-order valence-electron chi connectivity index (χ1n) is 3.51. The summed E-state index contributed by atoms with van der Waals surface area (Å²) in [6.45, 7) is 2.21. The number of hydrogen-bond acceptors (Lipinski definition) is 3. The molecule has 11 heavy (non-hydrogen) atoms. The van der Waals surface area contributed by atoms with Crippen molar-refractivity contribution in [3.63, 3.8) is 0 Å². The Bertz CT molecular complexity index is 187. The number of hydrogen-bond donors (Lipinski definition) is 1. The summed E-state index contributed by atoms with van der Waals surface area (Å²) < 4.78 is 5.05. The maximum atomic E-state index is 10.9. The molecule has 0 aromatic heterocycles. The van der Waals surface area contributed by atoms with E-state index in [-0.39, 0.29) is 6.10 Å². The van der Waals surface area contributed by atoms with Crippen LogP contribution in [0, 0.1) is 5.92 Å². The molecule has 0 saturated carbocycles. The van der Waals surface area contributed by atoms with Crippen LogP contribution in [0.1, 0.15) is 13.3 Å². The summed E-state index contributed by atoms with van der Waals surface area (Å²) in [6, 6.07) is 0. The first-order chi connectivity index (χ1) is 5.13. The maximum Gasteiger partial charge on any atom is 0.372 e. The highest BCUT2D eigenvalue weighted by Crippen LogP contribution is 2.20. The van der Waals surface area contributed by atoms with E-state index in [9.17, 15) is 9.59 Å². The average Bonchev–Trinajstić information content (AvgIpc) is 2.33. The summed E-state index contributed by atoms with van der Waals surface area (Å²) >= 11 is 0. The maximum absolute atomic E-state index is 10.9. The molecule has 2 unspecified atom stereocenters. The molecule has 62 valence electrons. The van der Waals surface area contributed by atoms with Crippen LogP contribution in [0.5, 0.6) is 0 Å². The van der Waals surface area contributed by atoms with Gasteiger partial charge in [0.25, 0.3) is 0 Å². The summed E-state index contributed by atoms with van der Waals surface area (Å²) in [5.41, 5.74) is 0. The van der Waals surface area contributed by atoms with Crippen LogP contribution in [0.15, 0.2) is 0 Å². The van der Waals surface area contributed by atoms with Gasteiger partial charge >= 0.3 is 5.97 Å².